The first-order chi connectivity index (χ1) is 7.27. The maximum Gasteiger partial charge on any atom is 0.0455 e. The van der Waals surface area contributed by atoms with Gasteiger partial charge in [-0.05, 0) is 40.2 Å². The molecule has 15 heavy (non-hydrogen) atoms. The molecule has 76 valence electrons. The summed E-state index contributed by atoms with van der Waals surface area (Å²) in [6.07, 6.45) is 0. The fourth-order valence-electron chi connectivity index (χ4n) is 1.22. The zero-order chi connectivity index (χ0) is 10.7. The molecule has 0 aliphatic rings. The molecule has 0 amide bonds. The van der Waals surface area contributed by atoms with Gasteiger partial charge in [-0.3, -0.25) is 0 Å². The molecule has 0 saturated carbocycles. The maximum atomic E-state index is 5.88. The molecular weight excluding hydrogens is 270 g/mol. The number of nitrogens with two attached hydrogens (primary N) is 1. The molecule has 2 rings (SSSR count). The molecule has 0 atom stereocenters. The Morgan fingerprint density at radius 1 is 0.867 bits per heavy atom. The van der Waals surface area contributed by atoms with Crippen LogP contribution in [0.15, 0.2) is 62.8 Å². The van der Waals surface area contributed by atoms with E-state index in [-0.39, 0.29) is 0 Å². The molecular formula is C12H10BrNS. The Balaban J connectivity index is 2.30. The average Bonchev–Trinajstić information content (AvgIpc) is 2.24. The fourth-order valence-corrected chi connectivity index (χ4v) is 2.63. The van der Waals surface area contributed by atoms with Crippen molar-refractivity contribution in [3.63, 3.8) is 0 Å². The van der Waals surface area contributed by atoms with Gasteiger partial charge < -0.3 is 5.73 Å². The summed E-state index contributed by atoms with van der Waals surface area (Å²) >= 11 is 5.19. The SMILES string of the molecule is Nc1ccccc1Sc1ccccc1Br. The van der Waals surface area contributed by atoms with Crippen LogP contribution in [0.1, 0.15) is 0 Å². The molecule has 2 aromatic rings. The van der Waals surface area contributed by atoms with Gasteiger partial charge in [0.05, 0.1) is 0 Å². The van der Waals surface area contributed by atoms with Gasteiger partial charge in [0.15, 0.2) is 0 Å². The van der Waals surface area contributed by atoms with E-state index < -0.39 is 0 Å². The molecule has 0 unspecified atom stereocenters. The summed E-state index contributed by atoms with van der Waals surface area (Å²) in [4.78, 5) is 2.26. The summed E-state index contributed by atoms with van der Waals surface area (Å²) in [5.41, 5.74) is 6.70. The number of para-hydroxylation sites is 1. The van der Waals surface area contributed by atoms with E-state index in [2.05, 4.69) is 22.0 Å². The number of rotatable bonds is 2. The van der Waals surface area contributed by atoms with Crippen LogP contribution in [0.5, 0.6) is 0 Å². The quantitative estimate of drug-likeness (QED) is 0.835. The number of anilines is 1. The molecule has 0 radical (unpaired) electrons. The molecule has 2 N–H and O–H groups in total. The third-order valence-corrected chi connectivity index (χ3v) is 4.10. The Hall–Kier alpha value is -0.930. The van der Waals surface area contributed by atoms with E-state index in [4.69, 9.17) is 5.73 Å². The average molecular weight is 280 g/mol. The van der Waals surface area contributed by atoms with Crippen molar-refractivity contribution in [1.82, 2.24) is 0 Å². The zero-order valence-corrected chi connectivity index (χ0v) is 10.4. The number of benzene rings is 2. The Kier molecular flexibility index (Phi) is 3.34. The molecule has 0 aliphatic carbocycles. The third kappa shape index (κ3) is 2.55. The van der Waals surface area contributed by atoms with Gasteiger partial charge >= 0.3 is 0 Å². The van der Waals surface area contributed by atoms with Gasteiger partial charge in [-0.25, -0.2) is 0 Å². The summed E-state index contributed by atoms with van der Waals surface area (Å²) in [5.74, 6) is 0. The second kappa shape index (κ2) is 4.73. The monoisotopic (exact) mass is 279 g/mol. The second-order valence-electron chi connectivity index (χ2n) is 3.07. The smallest absolute Gasteiger partial charge is 0.0455 e. The van der Waals surface area contributed by atoms with Crippen LogP contribution in [0, 0.1) is 0 Å². The van der Waals surface area contributed by atoms with Crippen molar-refractivity contribution < 1.29 is 0 Å². The molecule has 0 aromatic heterocycles. The topological polar surface area (TPSA) is 26.0 Å². The standard InChI is InChI=1S/C12H10BrNS/c13-9-5-1-3-7-11(9)15-12-8-4-2-6-10(12)14/h1-8H,14H2. The minimum absolute atomic E-state index is 0.818. The van der Waals surface area contributed by atoms with Gasteiger partial charge in [0.25, 0.3) is 0 Å². The summed E-state index contributed by atoms with van der Waals surface area (Å²) in [7, 11) is 0. The highest BCUT2D eigenvalue weighted by Gasteiger charge is 2.03. The number of nitrogen functional groups attached to an aromatic ring is 1. The van der Waals surface area contributed by atoms with Gasteiger partial charge in [-0.2, -0.15) is 0 Å². The van der Waals surface area contributed by atoms with Crippen LogP contribution >= 0.6 is 27.7 Å². The van der Waals surface area contributed by atoms with Crippen molar-refractivity contribution in [2.24, 2.45) is 0 Å². The summed E-state index contributed by atoms with van der Waals surface area (Å²) in [5, 5.41) is 0. The van der Waals surface area contributed by atoms with Crippen molar-refractivity contribution in [2.75, 3.05) is 5.73 Å². The minimum atomic E-state index is 0.818. The van der Waals surface area contributed by atoms with E-state index >= 15 is 0 Å². The van der Waals surface area contributed by atoms with Gasteiger partial charge in [0.1, 0.15) is 0 Å². The van der Waals surface area contributed by atoms with Crippen molar-refractivity contribution in [3.05, 3.63) is 53.0 Å². The number of hydrogen-bond acceptors (Lipinski definition) is 2. The molecule has 0 heterocycles. The van der Waals surface area contributed by atoms with Crippen LogP contribution in [0.25, 0.3) is 0 Å². The molecule has 0 bridgehead atoms. The highest BCUT2D eigenvalue weighted by atomic mass is 79.9. The summed E-state index contributed by atoms with van der Waals surface area (Å²) < 4.78 is 1.10. The van der Waals surface area contributed by atoms with Crippen LogP contribution in [0.4, 0.5) is 5.69 Å². The number of hydrogen-bond donors (Lipinski definition) is 1. The van der Waals surface area contributed by atoms with Crippen LogP contribution in [-0.4, -0.2) is 0 Å². The highest BCUT2D eigenvalue weighted by Crippen LogP contribution is 2.35. The van der Waals surface area contributed by atoms with Gasteiger partial charge in [-0.1, -0.05) is 36.0 Å². The van der Waals surface area contributed by atoms with Crippen molar-refractivity contribution >= 4 is 33.4 Å². The lowest BCUT2D eigenvalue weighted by Crippen LogP contribution is -1.87. The number of halogens is 1. The predicted octanol–water partition coefficient (Wildman–Crippen LogP) is 4.18. The first kappa shape index (κ1) is 10.6. The van der Waals surface area contributed by atoms with Crippen LogP contribution in [0.3, 0.4) is 0 Å². The minimum Gasteiger partial charge on any atom is -0.398 e. The normalized spacial score (nSPS) is 10.2. The van der Waals surface area contributed by atoms with E-state index in [0.29, 0.717) is 0 Å². The fraction of sp³-hybridized carbons (Fsp3) is 0. The van der Waals surface area contributed by atoms with Crippen LogP contribution in [0.2, 0.25) is 0 Å². The lowest BCUT2D eigenvalue weighted by molar-refractivity contribution is 1.38. The van der Waals surface area contributed by atoms with E-state index in [1.807, 2.05) is 42.5 Å². The van der Waals surface area contributed by atoms with E-state index in [0.717, 1.165) is 15.1 Å². The van der Waals surface area contributed by atoms with E-state index in [9.17, 15) is 0 Å². The van der Waals surface area contributed by atoms with Gasteiger partial charge in [-0.15, -0.1) is 0 Å². The first-order valence-electron chi connectivity index (χ1n) is 4.54. The van der Waals surface area contributed by atoms with Crippen molar-refractivity contribution in [3.8, 4) is 0 Å². The lowest BCUT2D eigenvalue weighted by Gasteiger charge is -2.06. The van der Waals surface area contributed by atoms with Crippen LogP contribution in [-0.2, 0) is 0 Å². The summed E-state index contributed by atoms with van der Waals surface area (Å²) in [6, 6.07) is 16.0. The molecule has 0 saturated heterocycles. The molecule has 3 heteroatoms. The van der Waals surface area contributed by atoms with Crippen molar-refractivity contribution in [1.29, 1.82) is 0 Å². The predicted molar refractivity (Wildman–Crippen MR) is 69.1 cm³/mol. The lowest BCUT2D eigenvalue weighted by atomic mass is 10.3. The Morgan fingerprint density at radius 3 is 2.13 bits per heavy atom. The van der Waals surface area contributed by atoms with Gasteiger partial charge in [0, 0.05) is 20.0 Å². The molecule has 0 spiro atoms. The zero-order valence-electron chi connectivity index (χ0n) is 7.98. The third-order valence-electron chi connectivity index (χ3n) is 1.98. The molecule has 0 fully saturated rings. The Labute approximate surface area is 102 Å². The summed E-state index contributed by atoms with van der Waals surface area (Å²) in [6.45, 7) is 0. The van der Waals surface area contributed by atoms with E-state index in [1.165, 1.54) is 4.90 Å². The van der Waals surface area contributed by atoms with E-state index in [1.54, 1.807) is 11.8 Å². The largest absolute Gasteiger partial charge is 0.398 e. The molecule has 2 aromatic carbocycles. The molecule has 0 aliphatic heterocycles. The first-order valence-corrected chi connectivity index (χ1v) is 6.15. The maximum absolute atomic E-state index is 5.88. The van der Waals surface area contributed by atoms with Gasteiger partial charge in [0.2, 0.25) is 0 Å². The molecule has 1 nitrogen and oxygen atoms in total. The second-order valence-corrected chi connectivity index (χ2v) is 5.01. The Bertz CT molecular complexity index is 427. The highest BCUT2D eigenvalue weighted by molar-refractivity contribution is 9.10. The van der Waals surface area contributed by atoms with Crippen LogP contribution < -0.4 is 5.73 Å². The Morgan fingerprint density at radius 2 is 1.47 bits per heavy atom. The van der Waals surface area contributed by atoms with Crippen molar-refractivity contribution in [2.45, 2.75) is 9.79 Å².